The normalized spacial score (nSPS) is 14.8. The molecule has 0 unspecified atom stereocenters. The molecule has 0 bridgehead atoms. The van der Waals surface area contributed by atoms with Crippen LogP contribution < -0.4 is 5.32 Å². The number of nitrogens with one attached hydrogen (secondary N) is 1. The van der Waals surface area contributed by atoms with Crippen molar-refractivity contribution in [3.8, 4) is 5.82 Å². The standard InChI is InChI=1S/C15H15N5/c1-2-4-14-13(3-1)19-10-20(14)15-9-17-12(8-18-15)7-16-11-5-6-11/h1-4,8-11,16H,5-7H2. The van der Waals surface area contributed by atoms with E-state index in [2.05, 4.69) is 20.3 Å². The SMILES string of the molecule is c1ccc2c(c1)ncn2-c1cnc(CNC2CC2)cn1. The fourth-order valence-electron chi connectivity index (χ4n) is 2.24. The summed E-state index contributed by atoms with van der Waals surface area (Å²) in [6.07, 6.45) is 7.99. The number of imidazole rings is 1. The summed E-state index contributed by atoms with van der Waals surface area (Å²) in [5.41, 5.74) is 2.99. The molecular weight excluding hydrogens is 250 g/mol. The smallest absolute Gasteiger partial charge is 0.156 e. The lowest BCUT2D eigenvalue weighted by Crippen LogP contribution is -2.16. The van der Waals surface area contributed by atoms with Crippen LogP contribution >= 0.6 is 0 Å². The quantitative estimate of drug-likeness (QED) is 0.784. The van der Waals surface area contributed by atoms with Gasteiger partial charge in [0.2, 0.25) is 0 Å². The highest BCUT2D eigenvalue weighted by atomic mass is 15.1. The number of hydrogen-bond acceptors (Lipinski definition) is 4. The number of fused-ring (bicyclic) bond motifs is 1. The van der Waals surface area contributed by atoms with E-state index >= 15 is 0 Å². The third-order valence-corrected chi connectivity index (χ3v) is 3.54. The highest BCUT2D eigenvalue weighted by molar-refractivity contribution is 5.76. The van der Waals surface area contributed by atoms with Gasteiger partial charge in [-0.2, -0.15) is 0 Å². The summed E-state index contributed by atoms with van der Waals surface area (Å²) in [5, 5.41) is 3.44. The Morgan fingerprint density at radius 3 is 2.80 bits per heavy atom. The lowest BCUT2D eigenvalue weighted by atomic mass is 10.3. The molecule has 5 heteroatoms. The van der Waals surface area contributed by atoms with Gasteiger partial charge in [0.25, 0.3) is 0 Å². The number of benzene rings is 1. The molecule has 4 rings (SSSR count). The van der Waals surface area contributed by atoms with Gasteiger partial charge in [-0.1, -0.05) is 12.1 Å². The molecule has 3 aromatic rings. The number of hydrogen-bond donors (Lipinski definition) is 1. The van der Waals surface area contributed by atoms with Gasteiger partial charge >= 0.3 is 0 Å². The molecule has 0 atom stereocenters. The van der Waals surface area contributed by atoms with E-state index in [-0.39, 0.29) is 0 Å². The van der Waals surface area contributed by atoms with E-state index in [0.29, 0.717) is 6.04 Å². The summed E-state index contributed by atoms with van der Waals surface area (Å²) in [5.74, 6) is 0.800. The highest BCUT2D eigenvalue weighted by Crippen LogP contribution is 2.19. The van der Waals surface area contributed by atoms with Crippen LogP contribution in [0.25, 0.3) is 16.9 Å². The van der Waals surface area contributed by atoms with Gasteiger partial charge in [0.15, 0.2) is 5.82 Å². The van der Waals surface area contributed by atoms with Crippen LogP contribution in [0.4, 0.5) is 0 Å². The average Bonchev–Trinajstić information content (AvgIpc) is 3.23. The van der Waals surface area contributed by atoms with Crippen molar-refractivity contribution < 1.29 is 0 Å². The minimum absolute atomic E-state index is 0.689. The molecule has 0 saturated heterocycles. The zero-order valence-corrected chi connectivity index (χ0v) is 11.0. The van der Waals surface area contributed by atoms with Gasteiger partial charge in [-0.05, 0) is 25.0 Å². The second kappa shape index (κ2) is 4.68. The van der Waals surface area contributed by atoms with Gasteiger partial charge < -0.3 is 5.32 Å². The Labute approximate surface area is 116 Å². The van der Waals surface area contributed by atoms with Crippen LogP contribution in [-0.2, 0) is 6.54 Å². The van der Waals surface area contributed by atoms with Gasteiger partial charge in [-0.25, -0.2) is 9.97 Å². The predicted molar refractivity (Wildman–Crippen MR) is 76.5 cm³/mol. The molecule has 2 aromatic heterocycles. The summed E-state index contributed by atoms with van der Waals surface area (Å²) in [7, 11) is 0. The van der Waals surface area contributed by atoms with E-state index in [9.17, 15) is 0 Å². The lowest BCUT2D eigenvalue weighted by Gasteiger charge is -2.05. The molecule has 5 nitrogen and oxygen atoms in total. The number of aromatic nitrogens is 4. The fourth-order valence-corrected chi connectivity index (χ4v) is 2.24. The number of para-hydroxylation sites is 2. The molecule has 1 aromatic carbocycles. The van der Waals surface area contributed by atoms with E-state index in [1.165, 1.54) is 12.8 Å². The van der Waals surface area contributed by atoms with E-state index in [1.54, 1.807) is 12.5 Å². The summed E-state index contributed by atoms with van der Waals surface area (Å²) in [6.45, 7) is 0.794. The first-order chi connectivity index (χ1) is 9.90. The Hall–Kier alpha value is -2.27. The van der Waals surface area contributed by atoms with Crippen molar-refractivity contribution in [1.29, 1.82) is 0 Å². The third kappa shape index (κ3) is 2.16. The van der Waals surface area contributed by atoms with Crippen LogP contribution in [0.3, 0.4) is 0 Å². The number of rotatable bonds is 4. The molecule has 0 spiro atoms. The molecule has 1 N–H and O–H groups in total. The molecule has 1 aliphatic rings. The van der Waals surface area contributed by atoms with Gasteiger partial charge in [0.05, 0.1) is 29.1 Å². The third-order valence-electron chi connectivity index (χ3n) is 3.54. The van der Waals surface area contributed by atoms with E-state index in [1.807, 2.05) is 35.0 Å². The first kappa shape index (κ1) is 11.5. The lowest BCUT2D eigenvalue weighted by molar-refractivity contribution is 0.671. The van der Waals surface area contributed by atoms with Crippen molar-refractivity contribution in [3.63, 3.8) is 0 Å². The predicted octanol–water partition coefficient (Wildman–Crippen LogP) is 2.07. The minimum atomic E-state index is 0.689. The van der Waals surface area contributed by atoms with Crippen molar-refractivity contribution >= 4 is 11.0 Å². The molecule has 100 valence electrons. The van der Waals surface area contributed by atoms with Crippen LogP contribution in [0.1, 0.15) is 18.5 Å². The van der Waals surface area contributed by atoms with Crippen molar-refractivity contribution in [1.82, 2.24) is 24.8 Å². The molecular formula is C15H15N5. The summed E-state index contributed by atoms with van der Waals surface area (Å²) >= 11 is 0. The Kier molecular flexibility index (Phi) is 2.70. The summed E-state index contributed by atoms with van der Waals surface area (Å²) < 4.78 is 1.96. The monoisotopic (exact) mass is 265 g/mol. The maximum Gasteiger partial charge on any atom is 0.156 e. The summed E-state index contributed by atoms with van der Waals surface area (Å²) in [4.78, 5) is 13.3. The van der Waals surface area contributed by atoms with Crippen LogP contribution in [0.5, 0.6) is 0 Å². The fraction of sp³-hybridized carbons (Fsp3) is 0.267. The highest BCUT2D eigenvalue weighted by Gasteiger charge is 2.20. The topological polar surface area (TPSA) is 55.6 Å². The van der Waals surface area contributed by atoms with Gasteiger partial charge in [0, 0.05) is 12.6 Å². The van der Waals surface area contributed by atoms with Crippen molar-refractivity contribution in [3.05, 3.63) is 48.7 Å². The van der Waals surface area contributed by atoms with Gasteiger partial charge in [0.1, 0.15) is 6.33 Å². The van der Waals surface area contributed by atoms with Crippen LogP contribution in [0.15, 0.2) is 43.0 Å². The maximum absolute atomic E-state index is 4.49. The molecule has 0 aliphatic heterocycles. The first-order valence-corrected chi connectivity index (χ1v) is 6.87. The largest absolute Gasteiger partial charge is 0.308 e. The van der Waals surface area contributed by atoms with E-state index < -0.39 is 0 Å². The molecule has 0 amide bonds. The van der Waals surface area contributed by atoms with Crippen LogP contribution in [-0.4, -0.2) is 25.6 Å². The number of nitrogens with zero attached hydrogens (tertiary/aromatic N) is 4. The van der Waals surface area contributed by atoms with Crippen LogP contribution in [0, 0.1) is 0 Å². The maximum atomic E-state index is 4.49. The van der Waals surface area contributed by atoms with Gasteiger partial charge in [-0.3, -0.25) is 9.55 Å². The minimum Gasteiger partial charge on any atom is -0.308 e. The second-order valence-electron chi connectivity index (χ2n) is 5.12. The Balaban J connectivity index is 1.61. The van der Waals surface area contributed by atoms with Crippen molar-refractivity contribution in [2.75, 3.05) is 0 Å². The molecule has 1 saturated carbocycles. The van der Waals surface area contributed by atoms with E-state index in [0.717, 1.165) is 29.1 Å². The molecule has 0 radical (unpaired) electrons. The Morgan fingerprint density at radius 1 is 1.10 bits per heavy atom. The Bertz CT molecular complexity index is 727. The second-order valence-corrected chi connectivity index (χ2v) is 5.12. The zero-order valence-electron chi connectivity index (χ0n) is 11.0. The van der Waals surface area contributed by atoms with Crippen LogP contribution in [0.2, 0.25) is 0 Å². The molecule has 2 heterocycles. The first-order valence-electron chi connectivity index (χ1n) is 6.87. The molecule has 1 fully saturated rings. The molecule has 1 aliphatic carbocycles. The molecule has 20 heavy (non-hydrogen) atoms. The van der Waals surface area contributed by atoms with Gasteiger partial charge in [-0.15, -0.1) is 0 Å². The zero-order chi connectivity index (χ0) is 13.4. The van der Waals surface area contributed by atoms with Crippen molar-refractivity contribution in [2.24, 2.45) is 0 Å². The average molecular weight is 265 g/mol. The van der Waals surface area contributed by atoms with E-state index in [4.69, 9.17) is 0 Å². The Morgan fingerprint density at radius 2 is 2.00 bits per heavy atom. The summed E-state index contributed by atoms with van der Waals surface area (Å²) in [6, 6.07) is 8.70. The van der Waals surface area contributed by atoms with Crippen molar-refractivity contribution in [2.45, 2.75) is 25.4 Å².